The first kappa shape index (κ1) is 22.9. The van der Waals surface area contributed by atoms with Crippen LogP contribution >= 0.6 is 0 Å². The molecule has 4 rings (SSSR count). The maximum atomic E-state index is 12.2. The average molecular weight is 449 g/mol. The van der Waals surface area contributed by atoms with Gasteiger partial charge in [-0.15, -0.1) is 0 Å². The number of piperazine rings is 1. The Bertz CT molecular complexity index is 1080. The number of para-hydroxylation sites is 1. The van der Waals surface area contributed by atoms with Gasteiger partial charge in [-0.1, -0.05) is 36.4 Å². The third kappa shape index (κ3) is 5.73. The number of aromatic amines is 1. The molecule has 1 fully saturated rings. The zero-order chi connectivity index (χ0) is 23.4. The smallest absolute Gasteiger partial charge is 0.410 e. The number of benzene rings is 2. The number of nitrogens with zero attached hydrogens (tertiary/aromatic N) is 3. The van der Waals surface area contributed by atoms with E-state index in [-0.39, 0.29) is 6.09 Å². The molecule has 1 saturated heterocycles. The number of H-pyrrole nitrogens is 1. The van der Waals surface area contributed by atoms with Gasteiger partial charge in [0.1, 0.15) is 11.4 Å². The van der Waals surface area contributed by atoms with E-state index in [2.05, 4.69) is 39.4 Å². The molecular formula is C26H32N4O3. The summed E-state index contributed by atoms with van der Waals surface area (Å²) in [5.74, 6) is 0.815. The molecule has 0 atom stereocenters. The Hall–Kier alpha value is -3.32. The molecule has 1 aliphatic heterocycles. The molecule has 1 aliphatic rings. The first-order valence-electron chi connectivity index (χ1n) is 11.3. The molecule has 7 nitrogen and oxygen atoms in total. The van der Waals surface area contributed by atoms with Crippen molar-refractivity contribution in [2.75, 3.05) is 33.3 Å². The summed E-state index contributed by atoms with van der Waals surface area (Å²) in [6.07, 6.45) is -0.224. The molecule has 0 unspecified atom stereocenters. The van der Waals surface area contributed by atoms with Crippen LogP contribution in [0, 0.1) is 0 Å². The lowest BCUT2D eigenvalue weighted by Gasteiger charge is -2.35. The number of carbonyl (C=O) groups is 1. The lowest BCUT2D eigenvalue weighted by Crippen LogP contribution is -2.49. The standard InChI is InChI=1S/C26H32N4O3/c1-26(2,3)33-25(31)30-15-13-29(14-16-30)18-19-9-11-20(12-10-19)22-17-23(28-27-22)21-7-5-6-8-24(21)32-4/h5-12,17H,13-16,18H2,1-4H3,(H,27,28). The molecule has 174 valence electrons. The molecule has 7 heteroatoms. The minimum Gasteiger partial charge on any atom is -0.496 e. The highest BCUT2D eigenvalue weighted by Gasteiger charge is 2.25. The molecule has 0 bridgehead atoms. The van der Waals surface area contributed by atoms with E-state index in [4.69, 9.17) is 9.47 Å². The molecule has 2 heterocycles. The highest BCUT2D eigenvalue weighted by Crippen LogP contribution is 2.30. The van der Waals surface area contributed by atoms with Gasteiger partial charge in [0.05, 0.1) is 18.5 Å². The highest BCUT2D eigenvalue weighted by molar-refractivity contribution is 5.72. The molecule has 1 aromatic heterocycles. The normalized spacial score (nSPS) is 14.8. The van der Waals surface area contributed by atoms with Crippen LogP contribution in [0.3, 0.4) is 0 Å². The van der Waals surface area contributed by atoms with Gasteiger partial charge in [0.15, 0.2) is 0 Å². The second-order valence-electron chi connectivity index (χ2n) is 9.31. The highest BCUT2D eigenvalue weighted by atomic mass is 16.6. The van der Waals surface area contributed by atoms with Gasteiger partial charge in [-0.2, -0.15) is 5.10 Å². The largest absolute Gasteiger partial charge is 0.496 e. The zero-order valence-corrected chi connectivity index (χ0v) is 19.8. The van der Waals surface area contributed by atoms with Crippen LogP contribution in [0.15, 0.2) is 54.6 Å². The molecule has 0 saturated carbocycles. The van der Waals surface area contributed by atoms with E-state index in [0.29, 0.717) is 13.1 Å². The summed E-state index contributed by atoms with van der Waals surface area (Å²) in [6.45, 7) is 9.59. The lowest BCUT2D eigenvalue weighted by atomic mass is 10.1. The summed E-state index contributed by atoms with van der Waals surface area (Å²) < 4.78 is 10.9. The van der Waals surface area contributed by atoms with Crippen molar-refractivity contribution in [3.63, 3.8) is 0 Å². The lowest BCUT2D eigenvalue weighted by molar-refractivity contribution is 0.0139. The number of rotatable bonds is 5. The molecule has 1 N–H and O–H groups in total. The minimum absolute atomic E-state index is 0.224. The van der Waals surface area contributed by atoms with E-state index in [1.54, 1.807) is 12.0 Å². The molecule has 3 aromatic rings. The van der Waals surface area contributed by atoms with E-state index in [1.807, 2.05) is 51.1 Å². The summed E-state index contributed by atoms with van der Waals surface area (Å²) >= 11 is 0. The number of aromatic nitrogens is 2. The Kier molecular flexibility index (Phi) is 6.70. The Balaban J connectivity index is 1.34. The van der Waals surface area contributed by atoms with Crippen LogP contribution in [-0.4, -0.2) is 65.0 Å². The van der Waals surface area contributed by atoms with Crippen LogP contribution in [0.25, 0.3) is 22.5 Å². The second kappa shape index (κ2) is 9.67. The van der Waals surface area contributed by atoms with Crippen LogP contribution in [0.2, 0.25) is 0 Å². The number of carbonyl (C=O) groups excluding carboxylic acids is 1. The zero-order valence-electron chi connectivity index (χ0n) is 19.8. The Morgan fingerprint density at radius 1 is 1.03 bits per heavy atom. The monoisotopic (exact) mass is 448 g/mol. The number of hydrogen-bond acceptors (Lipinski definition) is 5. The van der Waals surface area contributed by atoms with Gasteiger partial charge in [-0.05, 0) is 44.5 Å². The van der Waals surface area contributed by atoms with Crippen molar-refractivity contribution in [1.29, 1.82) is 0 Å². The van der Waals surface area contributed by atoms with Crippen LogP contribution in [0.4, 0.5) is 4.79 Å². The van der Waals surface area contributed by atoms with Crippen molar-refractivity contribution in [3.05, 3.63) is 60.2 Å². The molecule has 0 radical (unpaired) electrons. The maximum Gasteiger partial charge on any atom is 0.410 e. The van der Waals surface area contributed by atoms with Crippen molar-refractivity contribution in [2.45, 2.75) is 32.9 Å². The van der Waals surface area contributed by atoms with E-state index in [1.165, 1.54) is 5.56 Å². The van der Waals surface area contributed by atoms with Crippen molar-refractivity contribution in [2.24, 2.45) is 0 Å². The second-order valence-corrected chi connectivity index (χ2v) is 9.31. The van der Waals surface area contributed by atoms with Crippen LogP contribution in [-0.2, 0) is 11.3 Å². The van der Waals surface area contributed by atoms with Crippen LogP contribution in [0.1, 0.15) is 26.3 Å². The third-order valence-electron chi connectivity index (χ3n) is 5.65. The van der Waals surface area contributed by atoms with Gasteiger partial charge in [-0.3, -0.25) is 10.00 Å². The predicted molar refractivity (Wildman–Crippen MR) is 129 cm³/mol. The van der Waals surface area contributed by atoms with Crippen LogP contribution in [0.5, 0.6) is 5.75 Å². The minimum atomic E-state index is -0.460. The number of nitrogens with one attached hydrogen (secondary N) is 1. The van der Waals surface area contributed by atoms with Crippen LogP contribution < -0.4 is 4.74 Å². The van der Waals surface area contributed by atoms with Crippen molar-refractivity contribution >= 4 is 6.09 Å². The van der Waals surface area contributed by atoms with E-state index in [0.717, 1.165) is 47.9 Å². The summed E-state index contributed by atoms with van der Waals surface area (Å²) in [7, 11) is 1.67. The van der Waals surface area contributed by atoms with E-state index >= 15 is 0 Å². The fraction of sp³-hybridized carbons (Fsp3) is 0.385. The quantitative estimate of drug-likeness (QED) is 0.607. The van der Waals surface area contributed by atoms with Gasteiger partial charge < -0.3 is 14.4 Å². The Morgan fingerprint density at radius 3 is 2.39 bits per heavy atom. The molecule has 2 aromatic carbocycles. The number of methoxy groups -OCH3 is 1. The fourth-order valence-corrected chi connectivity index (χ4v) is 3.93. The van der Waals surface area contributed by atoms with Crippen molar-refractivity contribution in [1.82, 2.24) is 20.0 Å². The number of amides is 1. The fourth-order valence-electron chi connectivity index (χ4n) is 3.93. The number of ether oxygens (including phenoxy) is 2. The molecular weight excluding hydrogens is 416 g/mol. The van der Waals surface area contributed by atoms with Gasteiger partial charge in [0.2, 0.25) is 0 Å². The molecule has 0 aliphatic carbocycles. The topological polar surface area (TPSA) is 70.7 Å². The molecule has 0 spiro atoms. The number of hydrogen-bond donors (Lipinski definition) is 1. The summed E-state index contributed by atoms with van der Waals surface area (Å²) in [4.78, 5) is 16.4. The first-order valence-corrected chi connectivity index (χ1v) is 11.3. The summed E-state index contributed by atoms with van der Waals surface area (Å²) in [5.41, 5.74) is 4.65. The Labute approximate surface area is 195 Å². The summed E-state index contributed by atoms with van der Waals surface area (Å²) in [6, 6.07) is 18.4. The SMILES string of the molecule is COc1ccccc1-c1cc(-c2ccc(CN3CCN(C(=O)OC(C)(C)C)CC3)cc2)n[nH]1. The molecule has 1 amide bonds. The first-order chi connectivity index (χ1) is 15.8. The molecule has 33 heavy (non-hydrogen) atoms. The average Bonchev–Trinajstić information content (AvgIpc) is 3.29. The van der Waals surface area contributed by atoms with Crippen molar-refractivity contribution < 1.29 is 14.3 Å². The maximum absolute atomic E-state index is 12.2. The van der Waals surface area contributed by atoms with Crippen molar-refractivity contribution in [3.8, 4) is 28.3 Å². The Morgan fingerprint density at radius 2 is 1.73 bits per heavy atom. The summed E-state index contributed by atoms with van der Waals surface area (Å²) in [5, 5.41) is 7.62. The van der Waals surface area contributed by atoms with Gasteiger partial charge in [-0.25, -0.2) is 4.79 Å². The predicted octanol–water partition coefficient (Wildman–Crippen LogP) is 4.81. The van der Waals surface area contributed by atoms with Gasteiger partial charge in [0, 0.05) is 43.9 Å². The van der Waals surface area contributed by atoms with E-state index in [9.17, 15) is 4.79 Å². The van der Waals surface area contributed by atoms with Gasteiger partial charge in [0.25, 0.3) is 0 Å². The van der Waals surface area contributed by atoms with Gasteiger partial charge >= 0.3 is 6.09 Å². The van der Waals surface area contributed by atoms with E-state index < -0.39 is 5.60 Å². The third-order valence-corrected chi connectivity index (χ3v) is 5.65.